The van der Waals surface area contributed by atoms with Crippen LogP contribution in [0, 0.1) is 0 Å². The number of hydrogen-bond acceptors (Lipinski definition) is 5. The maximum Gasteiger partial charge on any atom is 0.289 e. The van der Waals surface area contributed by atoms with E-state index in [1.54, 1.807) is 29.2 Å². The lowest BCUT2D eigenvalue weighted by atomic mass is 10.1. The van der Waals surface area contributed by atoms with Crippen LogP contribution in [0.3, 0.4) is 0 Å². The van der Waals surface area contributed by atoms with E-state index in [-0.39, 0.29) is 17.5 Å². The first-order valence-corrected chi connectivity index (χ1v) is 6.39. The Hall–Kier alpha value is -2.34. The van der Waals surface area contributed by atoms with E-state index in [1.165, 1.54) is 12.5 Å². The Balaban J connectivity index is 1.71. The van der Waals surface area contributed by atoms with E-state index in [1.807, 2.05) is 0 Å². The summed E-state index contributed by atoms with van der Waals surface area (Å²) in [6, 6.07) is 6.13. The molecule has 2 aromatic heterocycles. The van der Waals surface area contributed by atoms with Crippen LogP contribution in [0.2, 0.25) is 0 Å². The molecule has 1 saturated heterocycles. The molecule has 1 aliphatic rings. The summed E-state index contributed by atoms with van der Waals surface area (Å²) in [6.07, 6.45) is 2.92. The van der Waals surface area contributed by atoms with E-state index in [4.69, 9.17) is 8.83 Å². The van der Waals surface area contributed by atoms with Gasteiger partial charge in [-0.2, -0.15) is 0 Å². The lowest BCUT2D eigenvalue weighted by Gasteiger charge is -2.32. The molecule has 2 aromatic rings. The highest BCUT2D eigenvalue weighted by molar-refractivity contribution is 5.99. The zero-order chi connectivity index (χ0) is 13.9. The first-order chi connectivity index (χ1) is 9.75. The molecule has 0 radical (unpaired) electrons. The third-order valence-electron chi connectivity index (χ3n) is 3.28. The minimum atomic E-state index is -0.450. The van der Waals surface area contributed by atoms with Gasteiger partial charge in [-0.05, 0) is 24.3 Å². The molecule has 1 fully saturated rings. The minimum Gasteiger partial charge on any atom is -0.461 e. The van der Waals surface area contributed by atoms with Gasteiger partial charge in [0.05, 0.1) is 18.6 Å². The first kappa shape index (κ1) is 12.7. The average molecular weight is 274 g/mol. The Kier molecular flexibility index (Phi) is 3.39. The molecule has 1 amide bonds. The summed E-state index contributed by atoms with van der Waals surface area (Å²) in [5, 5.41) is 3.10. The van der Waals surface area contributed by atoms with E-state index in [2.05, 4.69) is 5.32 Å². The van der Waals surface area contributed by atoms with Crippen LogP contribution in [0.25, 0.3) is 0 Å². The first-order valence-electron chi connectivity index (χ1n) is 6.39. The van der Waals surface area contributed by atoms with Gasteiger partial charge < -0.3 is 19.1 Å². The number of carbonyl (C=O) groups excluding carboxylic acids is 2. The number of hydrogen-bond donors (Lipinski definition) is 1. The second-order valence-electron chi connectivity index (χ2n) is 4.58. The molecule has 0 saturated carbocycles. The topological polar surface area (TPSA) is 75.7 Å². The van der Waals surface area contributed by atoms with Crippen molar-refractivity contribution in [3.63, 3.8) is 0 Å². The van der Waals surface area contributed by atoms with Crippen LogP contribution in [0.1, 0.15) is 21.1 Å². The van der Waals surface area contributed by atoms with Gasteiger partial charge in [0.2, 0.25) is 5.78 Å². The van der Waals surface area contributed by atoms with Crippen molar-refractivity contribution >= 4 is 11.7 Å². The van der Waals surface area contributed by atoms with Crippen molar-refractivity contribution in [2.45, 2.75) is 6.04 Å². The maximum absolute atomic E-state index is 12.2. The van der Waals surface area contributed by atoms with Crippen molar-refractivity contribution < 1.29 is 18.4 Å². The van der Waals surface area contributed by atoms with Gasteiger partial charge in [0.25, 0.3) is 5.91 Å². The number of carbonyl (C=O) groups is 2. The molecule has 0 bridgehead atoms. The fraction of sp³-hybridized carbons (Fsp3) is 0.286. The summed E-state index contributed by atoms with van der Waals surface area (Å²) in [7, 11) is 0. The number of piperazine rings is 1. The summed E-state index contributed by atoms with van der Waals surface area (Å²) in [5.74, 6) is 0.242. The summed E-state index contributed by atoms with van der Waals surface area (Å²) in [5.41, 5.74) is 0. The van der Waals surface area contributed by atoms with Gasteiger partial charge >= 0.3 is 0 Å². The summed E-state index contributed by atoms with van der Waals surface area (Å²) < 4.78 is 10.2. The molecule has 1 unspecified atom stereocenters. The van der Waals surface area contributed by atoms with Crippen molar-refractivity contribution in [1.29, 1.82) is 0 Å². The highest BCUT2D eigenvalue weighted by atomic mass is 16.3. The Bertz CT molecular complexity index is 536. The standard InChI is InChI=1S/C14H14N2O4/c17-13(11-3-1-7-19-11)10-9-16(6-5-15-10)14(18)12-4-2-8-20-12/h1-4,7-8,10,15H,5-6,9H2. The number of ketones is 1. The smallest absolute Gasteiger partial charge is 0.289 e. The van der Waals surface area contributed by atoms with Crippen molar-refractivity contribution in [3.05, 3.63) is 48.3 Å². The molecule has 104 valence electrons. The van der Waals surface area contributed by atoms with Gasteiger partial charge in [0, 0.05) is 19.6 Å². The minimum absolute atomic E-state index is 0.146. The highest BCUT2D eigenvalue weighted by Crippen LogP contribution is 2.12. The molecule has 0 aromatic carbocycles. The molecule has 3 rings (SSSR count). The van der Waals surface area contributed by atoms with E-state index >= 15 is 0 Å². The summed E-state index contributed by atoms with van der Waals surface area (Å²) in [4.78, 5) is 26.0. The predicted molar refractivity (Wildman–Crippen MR) is 69.4 cm³/mol. The Morgan fingerprint density at radius 1 is 1.15 bits per heavy atom. The van der Waals surface area contributed by atoms with Gasteiger partial charge in [-0.25, -0.2) is 0 Å². The maximum atomic E-state index is 12.2. The third kappa shape index (κ3) is 2.37. The summed E-state index contributed by atoms with van der Waals surface area (Å²) in [6.45, 7) is 1.41. The second kappa shape index (κ2) is 5.34. The van der Waals surface area contributed by atoms with Gasteiger partial charge in [0.1, 0.15) is 0 Å². The van der Waals surface area contributed by atoms with Crippen LogP contribution in [-0.2, 0) is 0 Å². The van der Waals surface area contributed by atoms with Crippen molar-refractivity contribution in [3.8, 4) is 0 Å². The Morgan fingerprint density at radius 3 is 2.50 bits per heavy atom. The van der Waals surface area contributed by atoms with Crippen molar-refractivity contribution in [1.82, 2.24) is 10.2 Å². The third-order valence-corrected chi connectivity index (χ3v) is 3.28. The van der Waals surface area contributed by atoms with Gasteiger partial charge in [-0.3, -0.25) is 9.59 Å². The van der Waals surface area contributed by atoms with Gasteiger partial charge in [0.15, 0.2) is 11.5 Å². The lowest BCUT2D eigenvalue weighted by molar-refractivity contribution is 0.0643. The predicted octanol–water partition coefficient (Wildman–Crippen LogP) is 1.17. The number of nitrogens with one attached hydrogen (secondary N) is 1. The van der Waals surface area contributed by atoms with E-state index in [9.17, 15) is 9.59 Å². The SMILES string of the molecule is O=C(c1ccco1)C1CN(C(=O)c2ccco2)CCN1. The van der Waals surface area contributed by atoms with Gasteiger partial charge in [-0.15, -0.1) is 0 Å². The quantitative estimate of drug-likeness (QED) is 0.850. The fourth-order valence-corrected chi connectivity index (χ4v) is 2.26. The molecule has 3 heterocycles. The van der Waals surface area contributed by atoms with Crippen LogP contribution in [0.4, 0.5) is 0 Å². The molecule has 1 N–H and O–H groups in total. The molecule has 0 aliphatic carbocycles. The molecule has 1 aliphatic heterocycles. The molecular weight excluding hydrogens is 260 g/mol. The van der Waals surface area contributed by atoms with Crippen LogP contribution < -0.4 is 5.32 Å². The normalized spacial score (nSPS) is 19.0. The number of rotatable bonds is 3. The van der Waals surface area contributed by atoms with Crippen LogP contribution >= 0.6 is 0 Å². The molecule has 0 spiro atoms. The molecular formula is C14H14N2O4. The molecule has 6 heteroatoms. The fourth-order valence-electron chi connectivity index (χ4n) is 2.26. The monoisotopic (exact) mass is 274 g/mol. The number of Topliss-reactive ketones (excluding diaryl/α,β-unsaturated/α-hetero) is 1. The highest BCUT2D eigenvalue weighted by Gasteiger charge is 2.31. The number of amides is 1. The van der Waals surface area contributed by atoms with E-state index < -0.39 is 6.04 Å². The van der Waals surface area contributed by atoms with Crippen molar-refractivity contribution in [2.75, 3.05) is 19.6 Å². The average Bonchev–Trinajstić information content (AvgIpc) is 3.18. The van der Waals surface area contributed by atoms with Crippen LogP contribution in [0.15, 0.2) is 45.6 Å². The zero-order valence-corrected chi connectivity index (χ0v) is 10.7. The van der Waals surface area contributed by atoms with Crippen LogP contribution in [-0.4, -0.2) is 42.3 Å². The molecule has 6 nitrogen and oxygen atoms in total. The number of furan rings is 2. The molecule has 20 heavy (non-hydrogen) atoms. The Morgan fingerprint density at radius 2 is 1.85 bits per heavy atom. The second-order valence-corrected chi connectivity index (χ2v) is 4.58. The molecule has 1 atom stereocenters. The Labute approximate surface area is 115 Å². The van der Waals surface area contributed by atoms with Crippen LogP contribution in [0.5, 0.6) is 0 Å². The lowest BCUT2D eigenvalue weighted by Crippen LogP contribution is -2.55. The summed E-state index contributed by atoms with van der Waals surface area (Å²) >= 11 is 0. The number of nitrogens with zero attached hydrogens (tertiary/aromatic N) is 1. The van der Waals surface area contributed by atoms with Crippen molar-refractivity contribution in [2.24, 2.45) is 0 Å². The van der Waals surface area contributed by atoms with Gasteiger partial charge in [-0.1, -0.05) is 0 Å². The zero-order valence-electron chi connectivity index (χ0n) is 10.7. The van der Waals surface area contributed by atoms with E-state index in [0.29, 0.717) is 25.4 Å². The van der Waals surface area contributed by atoms with E-state index in [0.717, 1.165) is 0 Å². The largest absolute Gasteiger partial charge is 0.461 e.